The molecule has 0 atom stereocenters. The summed E-state index contributed by atoms with van der Waals surface area (Å²) in [5.74, 6) is -0.502. The molecule has 4 aromatic rings. The fourth-order valence-electron chi connectivity index (χ4n) is 4.94. The van der Waals surface area contributed by atoms with E-state index in [0.29, 0.717) is 17.7 Å². The molecule has 0 bridgehead atoms. The summed E-state index contributed by atoms with van der Waals surface area (Å²) >= 11 is 0. The Labute approximate surface area is 210 Å². The van der Waals surface area contributed by atoms with E-state index in [1.165, 1.54) is 18.3 Å². The number of rotatable bonds is 5. The van der Waals surface area contributed by atoms with Gasteiger partial charge in [0.25, 0.3) is 0 Å². The number of nitrogens with zero attached hydrogens (tertiary/aromatic N) is 2. The van der Waals surface area contributed by atoms with Gasteiger partial charge >= 0.3 is 0 Å². The molecule has 1 fully saturated rings. The van der Waals surface area contributed by atoms with Gasteiger partial charge in [-0.3, -0.25) is 4.79 Å². The van der Waals surface area contributed by atoms with Gasteiger partial charge in [-0.2, -0.15) is 0 Å². The number of hydrogen-bond donors (Lipinski definition) is 0. The van der Waals surface area contributed by atoms with Crippen molar-refractivity contribution >= 4 is 26.4 Å². The first kappa shape index (κ1) is 24.3. The minimum Gasteiger partial charge on any atom is -0.369 e. The Morgan fingerprint density at radius 1 is 0.889 bits per heavy atom. The van der Waals surface area contributed by atoms with Crippen LogP contribution in [-0.2, 0) is 16.4 Å². The Bertz CT molecular complexity index is 1570. The lowest BCUT2D eigenvalue weighted by atomic mass is 10.1. The van der Waals surface area contributed by atoms with Crippen molar-refractivity contribution < 1.29 is 12.8 Å². The Morgan fingerprint density at radius 2 is 1.61 bits per heavy atom. The second kappa shape index (κ2) is 9.90. The van der Waals surface area contributed by atoms with Crippen molar-refractivity contribution in [1.82, 2.24) is 4.57 Å². The van der Waals surface area contributed by atoms with Crippen LogP contribution >= 0.6 is 0 Å². The number of aromatic nitrogens is 1. The van der Waals surface area contributed by atoms with Gasteiger partial charge in [-0.15, -0.1) is 0 Å². The normalized spacial score (nSPS) is 14.7. The molecule has 0 aliphatic carbocycles. The van der Waals surface area contributed by atoms with E-state index in [1.54, 1.807) is 35.8 Å². The molecule has 1 aliphatic rings. The molecule has 3 aromatic carbocycles. The maximum absolute atomic E-state index is 15.4. The predicted octanol–water partition coefficient (Wildman–Crippen LogP) is 5.71. The average Bonchev–Trinajstić information content (AvgIpc) is 3.15. The highest BCUT2D eigenvalue weighted by Crippen LogP contribution is 2.29. The third-order valence-electron chi connectivity index (χ3n) is 6.85. The van der Waals surface area contributed by atoms with Crippen LogP contribution in [0.15, 0.2) is 87.5 Å². The number of aryl methyl sites for hydroxylation is 1. The monoisotopic (exact) mass is 504 g/mol. The van der Waals surface area contributed by atoms with Gasteiger partial charge in [0, 0.05) is 25.8 Å². The molecule has 7 heteroatoms. The third kappa shape index (κ3) is 4.67. The van der Waals surface area contributed by atoms with Crippen molar-refractivity contribution in [2.45, 2.75) is 48.9 Å². The Morgan fingerprint density at radius 3 is 2.31 bits per heavy atom. The first-order valence-corrected chi connectivity index (χ1v) is 13.8. The Balaban J connectivity index is 1.74. The van der Waals surface area contributed by atoms with E-state index in [4.69, 9.17) is 0 Å². The molecule has 5 nitrogen and oxygen atoms in total. The van der Waals surface area contributed by atoms with Gasteiger partial charge in [0.15, 0.2) is 0 Å². The zero-order chi connectivity index (χ0) is 25.3. The van der Waals surface area contributed by atoms with Gasteiger partial charge in [0.05, 0.1) is 21.5 Å². The molecule has 1 aliphatic heterocycles. The molecule has 2 heterocycles. The summed E-state index contributed by atoms with van der Waals surface area (Å²) in [6, 6.07) is 19.0. The molecule has 0 N–H and O–H groups in total. The topological polar surface area (TPSA) is 59.4 Å². The van der Waals surface area contributed by atoms with Crippen molar-refractivity contribution in [3.05, 3.63) is 100 Å². The largest absolute Gasteiger partial charge is 0.369 e. The standard InChI is InChI=1S/C29H29FN2O3S/c1-21-10-9-13-23(16-21)36(34,35)28-20-32(19-22-11-5-4-6-12-22)26-18-27(25(30)17-24(26)29(28)33)31-14-7-2-3-8-15-31/h4-6,9-13,16-18,20H,2-3,7-8,14-15,19H2,1H3. The van der Waals surface area contributed by atoms with Gasteiger partial charge in [-0.1, -0.05) is 55.3 Å². The highest BCUT2D eigenvalue weighted by Gasteiger charge is 2.25. The van der Waals surface area contributed by atoms with E-state index < -0.39 is 21.1 Å². The molecule has 186 valence electrons. The summed E-state index contributed by atoms with van der Waals surface area (Å²) in [7, 11) is -4.11. The van der Waals surface area contributed by atoms with Crippen LogP contribution < -0.4 is 10.3 Å². The van der Waals surface area contributed by atoms with Crippen LogP contribution in [0.3, 0.4) is 0 Å². The van der Waals surface area contributed by atoms with Crippen LogP contribution in [0.4, 0.5) is 10.1 Å². The first-order chi connectivity index (χ1) is 17.3. The lowest BCUT2D eigenvalue weighted by Crippen LogP contribution is -2.26. The van der Waals surface area contributed by atoms with Gasteiger partial charge in [-0.25, -0.2) is 12.8 Å². The molecule has 0 radical (unpaired) electrons. The van der Waals surface area contributed by atoms with Gasteiger partial charge in [0.1, 0.15) is 10.7 Å². The van der Waals surface area contributed by atoms with Crippen molar-refractivity contribution in [3.8, 4) is 0 Å². The number of halogens is 1. The minimum absolute atomic E-state index is 0.0480. The van der Waals surface area contributed by atoms with Crippen LogP contribution in [0.2, 0.25) is 0 Å². The number of benzene rings is 3. The first-order valence-electron chi connectivity index (χ1n) is 12.3. The molecule has 0 amide bonds. The fourth-order valence-corrected chi connectivity index (χ4v) is 6.41. The van der Waals surface area contributed by atoms with Gasteiger partial charge in [-0.05, 0) is 55.2 Å². The van der Waals surface area contributed by atoms with E-state index >= 15 is 4.39 Å². The second-order valence-electron chi connectivity index (χ2n) is 9.48. The Hall–Kier alpha value is -3.45. The highest BCUT2D eigenvalue weighted by molar-refractivity contribution is 7.91. The predicted molar refractivity (Wildman–Crippen MR) is 141 cm³/mol. The van der Waals surface area contributed by atoms with E-state index in [-0.39, 0.29) is 15.2 Å². The molecule has 0 saturated carbocycles. The van der Waals surface area contributed by atoms with Crippen molar-refractivity contribution in [2.24, 2.45) is 0 Å². The van der Waals surface area contributed by atoms with Crippen LogP contribution in [0.5, 0.6) is 0 Å². The summed E-state index contributed by atoms with van der Waals surface area (Å²) in [4.78, 5) is 15.3. The van der Waals surface area contributed by atoms with Crippen LogP contribution in [0.1, 0.15) is 36.8 Å². The highest BCUT2D eigenvalue weighted by atomic mass is 32.2. The summed E-state index contributed by atoms with van der Waals surface area (Å²) in [5.41, 5.74) is 2.02. The Kier molecular flexibility index (Phi) is 6.67. The van der Waals surface area contributed by atoms with Crippen LogP contribution in [0.25, 0.3) is 10.9 Å². The lowest BCUT2D eigenvalue weighted by Gasteiger charge is -2.24. The number of sulfone groups is 1. The zero-order valence-electron chi connectivity index (χ0n) is 20.3. The number of pyridine rings is 1. The summed E-state index contributed by atoms with van der Waals surface area (Å²) in [6.07, 6.45) is 5.62. The van der Waals surface area contributed by atoms with E-state index in [0.717, 1.165) is 49.9 Å². The summed E-state index contributed by atoms with van der Waals surface area (Å²) in [5, 5.41) is 0.0655. The molecule has 0 unspecified atom stereocenters. The molecule has 1 saturated heterocycles. The van der Waals surface area contributed by atoms with E-state index in [9.17, 15) is 13.2 Å². The van der Waals surface area contributed by atoms with Gasteiger partial charge < -0.3 is 9.47 Å². The summed E-state index contributed by atoms with van der Waals surface area (Å²) in [6.45, 7) is 3.65. The van der Waals surface area contributed by atoms with E-state index in [2.05, 4.69) is 0 Å². The molecule has 36 heavy (non-hydrogen) atoms. The maximum Gasteiger partial charge on any atom is 0.211 e. The average molecular weight is 505 g/mol. The molecule has 5 rings (SSSR count). The third-order valence-corrected chi connectivity index (χ3v) is 8.59. The van der Waals surface area contributed by atoms with Gasteiger partial charge in [0.2, 0.25) is 15.3 Å². The minimum atomic E-state index is -4.11. The van der Waals surface area contributed by atoms with Crippen LogP contribution in [-0.4, -0.2) is 26.1 Å². The summed E-state index contributed by atoms with van der Waals surface area (Å²) < 4.78 is 44.4. The fraction of sp³-hybridized carbons (Fsp3) is 0.276. The number of fused-ring (bicyclic) bond motifs is 1. The van der Waals surface area contributed by atoms with E-state index in [1.807, 2.05) is 35.2 Å². The lowest BCUT2D eigenvalue weighted by molar-refractivity contribution is 0.593. The van der Waals surface area contributed by atoms with Crippen LogP contribution in [0, 0.1) is 12.7 Å². The molecular weight excluding hydrogens is 475 g/mol. The van der Waals surface area contributed by atoms with Crippen molar-refractivity contribution in [2.75, 3.05) is 18.0 Å². The molecular formula is C29H29FN2O3S. The number of anilines is 1. The second-order valence-corrected chi connectivity index (χ2v) is 11.4. The molecule has 1 aromatic heterocycles. The quantitative estimate of drug-likeness (QED) is 0.349. The molecule has 0 spiro atoms. The maximum atomic E-state index is 15.4. The smallest absolute Gasteiger partial charge is 0.211 e. The zero-order valence-corrected chi connectivity index (χ0v) is 21.1. The van der Waals surface area contributed by atoms with Crippen molar-refractivity contribution in [1.29, 1.82) is 0 Å². The number of hydrogen-bond acceptors (Lipinski definition) is 4. The SMILES string of the molecule is Cc1cccc(S(=O)(=O)c2cn(Cc3ccccc3)c3cc(N4CCCCCC4)c(F)cc3c2=O)c1. The van der Waals surface area contributed by atoms with Crippen molar-refractivity contribution in [3.63, 3.8) is 0 Å².